The Morgan fingerprint density at radius 3 is 1.19 bits per heavy atom. The zero-order valence-corrected chi connectivity index (χ0v) is 25.5. The number of ketones is 2. The molecular formula is C33H66NO2+. The number of unbranched alkanes of at least 4 members (excludes halogenated alkanes) is 19. The molecule has 0 amide bonds. The molecule has 0 saturated heterocycles. The Hall–Kier alpha value is -0.700. The summed E-state index contributed by atoms with van der Waals surface area (Å²) >= 11 is 0. The molecule has 0 aromatic heterocycles. The van der Waals surface area contributed by atoms with Gasteiger partial charge in [0.2, 0.25) is 0 Å². The molecule has 1 unspecified atom stereocenters. The Morgan fingerprint density at radius 2 is 0.833 bits per heavy atom. The van der Waals surface area contributed by atoms with Crippen molar-refractivity contribution in [1.29, 1.82) is 0 Å². The Labute approximate surface area is 227 Å². The van der Waals surface area contributed by atoms with Crippen molar-refractivity contribution in [3.05, 3.63) is 0 Å². The highest BCUT2D eigenvalue weighted by molar-refractivity contribution is 5.88. The summed E-state index contributed by atoms with van der Waals surface area (Å²) in [6, 6.07) is 0. The molecule has 1 atom stereocenters. The second-order valence-corrected chi connectivity index (χ2v) is 12.6. The average molecular weight is 509 g/mol. The van der Waals surface area contributed by atoms with Crippen molar-refractivity contribution >= 4 is 11.6 Å². The molecule has 0 radical (unpaired) electrons. The van der Waals surface area contributed by atoms with Crippen molar-refractivity contribution in [1.82, 2.24) is 0 Å². The van der Waals surface area contributed by atoms with Gasteiger partial charge in [-0.2, -0.15) is 0 Å². The molecule has 0 aromatic carbocycles. The van der Waals surface area contributed by atoms with E-state index in [1.807, 2.05) is 0 Å². The highest BCUT2D eigenvalue weighted by Crippen LogP contribution is 2.18. The van der Waals surface area contributed by atoms with E-state index >= 15 is 0 Å². The fourth-order valence-electron chi connectivity index (χ4n) is 5.30. The molecule has 0 saturated carbocycles. The number of hydrogen-bond acceptors (Lipinski definition) is 2. The first-order valence-electron chi connectivity index (χ1n) is 16.1. The molecule has 3 nitrogen and oxygen atoms in total. The largest absolute Gasteiger partial charge is 0.330 e. The minimum absolute atomic E-state index is 0.0938. The molecule has 0 aromatic rings. The number of carbonyl (C=O) groups excluding carboxylic acids is 2. The Bertz CT molecular complexity index is 508. The maximum Gasteiger partial charge on any atom is 0.142 e. The van der Waals surface area contributed by atoms with Crippen LogP contribution >= 0.6 is 0 Å². The van der Waals surface area contributed by atoms with E-state index in [0.717, 1.165) is 36.7 Å². The summed E-state index contributed by atoms with van der Waals surface area (Å²) in [5.74, 6) is 0.541. The summed E-state index contributed by atoms with van der Waals surface area (Å²) in [4.78, 5) is 25.7. The van der Waals surface area contributed by atoms with Crippen LogP contribution in [0.25, 0.3) is 0 Å². The minimum Gasteiger partial charge on any atom is -0.330 e. The molecule has 0 N–H and O–H groups in total. The van der Waals surface area contributed by atoms with Crippen LogP contribution in [0.5, 0.6) is 0 Å². The third-order valence-corrected chi connectivity index (χ3v) is 7.53. The zero-order chi connectivity index (χ0) is 26.9. The summed E-state index contributed by atoms with van der Waals surface area (Å²) in [5, 5.41) is 0. The summed E-state index contributed by atoms with van der Waals surface area (Å²) in [6.45, 7) is 5.31. The number of nitrogens with zero attached hydrogens (tertiary/aromatic N) is 1. The number of hydrogen-bond donors (Lipinski definition) is 0. The van der Waals surface area contributed by atoms with E-state index in [1.165, 1.54) is 109 Å². The van der Waals surface area contributed by atoms with E-state index in [-0.39, 0.29) is 5.92 Å². The Kier molecular flexibility index (Phi) is 24.1. The fraction of sp³-hybridized carbons (Fsp3) is 0.939. The minimum atomic E-state index is -0.0938. The van der Waals surface area contributed by atoms with Gasteiger partial charge in [-0.15, -0.1) is 0 Å². The van der Waals surface area contributed by atoms with Crippen LogP contribution < -0.4 is 0 Å². The summed E-state index contributed by atoms with van der Waals surface area (Å²) in [5.41, 5.74) is 0. The molecule has 214 valence electrons. The van der Waals surface area contributed by atoms with Crippen LogP contribution in [0.2, 0.25) is 0 Å². The molecule has 0 fully saturated rings. The van der Waals surface area contributed by atoms with Crippen LogP contribution in [0.3, 0.4) is 0 Å². The molecule has 0 heterocycles. The third kappa shape index (κ3) is 25.0. The average Bonchev–Trinajstić information content (AvgIpc) is 2.82. The van der Waals surface area contributed by atoms with Gasteiger partial charge < -0.3 is 4.48 Å². The first-order chi connectivity index (χ1) is 17.3. The maximum absolute atomic E-state index is 13.0. The van der Waals surface area contributed by atoms with Crippen molar-refractivity contribution in [3.63, 3.8) is 0 Å². The van der Waals surface area contributed by atoms with Crippen LogP contribution in [0.15, 0.2) is 0 Å². The highest BCUT2D eigenvalue weighted by atomic mass is 16.1. The lowest BCUT2D eigenvalue weighted by atomic mass is 9.91. The van der Waals surface area contributed by atoms with Crippen LogP contribution in [0, 0.1) is 5.92 Å². The molecule has 0 aliphatic carbocycles. The second kappa shape index (κ2) is 24.6. The van der Waals surface area contributed by atoms with E-state index in [1.54, 1.807) is 0 Å². The van der Waals surface area contributed by atoms with Crippen LogP contribution in [-0.4, -0.2) is 43.7 Å². The van der Waals surface area contributed by atoms with Crippen molar-refractivity contribution < 1.29 is 14.1 Å². The highest BCUT2D eigenvalue weighted by Gasteiger charge is 2.27. The smallest absolute Gasteiger partial charge is 0.142 e. The first-order valence-corrected chi connectivity index (χ1v) is 16.1. The van der Waals surface area contributed by atoms with E-state index in [4.69, 9.17) is 0 Å². The lowest BCUT2D eigenvalue weighted by Crippen LogP contribution is -2.42. The van der Waals surface area contributed by atoms with Gasteiger partial charge >= 0.3 is 0 Å². The van der Waals surface area contributed by atoms with E-state index in [2.05, 4.69) is 35.0 Å². The Balaban J connectivity index is 4.01. The summed E-state index contributed by atoms with van der Waals surface area (Å²) in [7, 11) is 6.40. The standard InChI is InChI=1S/C33H66NO2/c1-6-8-10-12-14-16-18-20-22-24-26-28-33(36)31(30-34(3,4)5)29-32(35)27-25-23-21-19-17-15-13-11-9-7-2/h31H,6-30H2,1-5H3/q+1. The van der Waals surface area contributed by atoms with Crippen molar-refractivity contribution in [3.8, 4) is 0 Å². The van der Waals surface area contributed by atoms with Gasteiger partial charge in [0, 0.05) is 19.3 Å². The zero-order valence-electron chi connectivity index (χ0n) is 25.5. The lowest BCUT2D eigenvalue weighted by molar-refractivity contribution is -0.872. The van der Waals surface area contributed by atoms with Crippen molar-refractivity contribution in [2.75, 3.05) is 27.7 Å². The number of quaternary nitrogens is 1. The van der Waals surface area contributed by atoms with Crippen molar-refractivity contribution in [2.24, 2.45) is 5.92 Å². The fourth-order valence-corrected chi connectivity index (χ4v) is 5.30. The molecule has 0 rings (SSSR count). The predicted octanol–water partition coefficient (Wildman–Crippen LogP) is 9.85. The molecule has 36 heavy (non-hydrogen) atoms. The quantitative estimate of drug-likeness (QED) is 0.0778. The predicted molar refractivity (Wildman–Crippen MR) is 159 cm³/mol. The van der Waals surface area contributed by atoms with Gasteiger partial charge in [-0.1, -0.05) is 136 Å². The Morgan fingerprint density at radius 1 is 0.500 bits per heavy atom. The van der Waals surface area contributed by atoms with Gasteiger partial charge in [0.1, 0.15) is 11.6 Å². The SMILES string of the molecule is CCCCCCCCCCCCCC(=O)C(CC(=O)CCCCCCCCCCCC)C[N+](C)(C)C. The molecule has 3 heteroatoms. The molecule has 0 bridgehead atoms. The van der Waals surface area contributed by atoms with Crippen LogP contribution in [0.4, 0.5) is 0 Å². The van der Waals surface area contributed by atoms with Gasteiger partial charge in [0.05, 0.1) is 33.6 Å². The van der Waals surface area contributed by atoms with E-state index < -0.39 is 0 Å². The van der Waals surface area contributed by atoms with Gasteiger partial charge in [-0.3, -0.25) is 9.59 Å². The molecule has 0 aliphatic heterocycles. The van der Waals surface area contributed by atoms with Crippen molar-refractivity contribution in [2.45, 2.75) is 168 Å². The number of rotatable bonds is 28. The van der Waals surface area contributed by atoms with Gasteiger partial charge in [-0.25, -0.2) is 0 Å². The topological polar surface area (TPSA) is 34.1 Å². The first kappa shape index (κ1) is 35.3. The van der Waals surface area contributed by atoms with E-state index in [9.17, 15) is 9.59 Å². The van der Waals surface area contributed by atoms with Crippen LogP contribution in [0.1, 0.15) is 168 Å². The van der Waals surface area contributed by atoms with Gasteiger partial charge in [-0.05, 0) is 12.8 Å². The van der Waals surface area contributed by atoms with Gasteiger partial charge in [0.15, 0.2) is 0 Å². The maximum atomic E-state index is 13.0. The number of Topliss-reactive ketones (excluding diaryl/α,β-unsaturated/α-hetero) is 2. The molecular weight excluding hydrogens is 442 g/mol. The second-order valence-electron chi connectivity index (χ2n) is 12.6. The normalized spacial score (nSPS) is 12.7. The molecule has 0 spiro atoms. The monoisotopic (exact) mass is 509 g/mol. The lowest BCUT2D eigenvalue weighted by Gasteiger charge is -2.28. The van der Waals surface area contributed by atoms with E-state index in [0.29, 0.717) is 30.8 Å². The third-order valence-electron chi connectivity index (χ3n) is 7.53. The van der Waals surface area contributed by atoms with Crippen LogP contribution in [-0.2, 0) is 9.59 Å². The summed E-state index contributed by atoms with van der Waals surface area (Å²) in [6.07, 6.45) is 29.0. The molecule has 0 aliphatic rings. The summed E-state index contributed by atoms with van der Waals surface area (Å²) < 4.78 is 0.750. The number of carbonyl (C=O) groups is 2. The van der Waals surface area contributed by atoms with Gasteiger partial charge in [0.25, 0.3) is 0 Å².